The molecule has 1 amide bonds. The molecule has 0 radical (unpaired) electrons. The summed E-state index contributed by atoms with van der Waals surface area (Å²) in [5.74, 6) is 0.371. The van der Waals surface area contributed by atoms with Gasteiger partial charge in [-0.1, -0.05) is 30.0 Å². The van der Waals surface area contributed by atoms with E-state index in [1.807, 2.05) is 30.5 Å². The first-order valence-electron chi connectivity index (χ1n) is 5.94. The summed E-state index contributed by atoms with van der Waals surface area (Å²) < 4.78 is 0. The topological polar surface area (TPSA) is 82.5 Å². The first-order chi connectivity index (χ1) is 9.81. The Bertz CT molecular complexity index is 678. The molecule has 6 nitrogen and oxygen atoms in total. The molecule has 0 aliphatic carbocycles. The van der Waals surface area contributed by atoms with Crippen LogP contribution in [0.4, 0.5) is 0 Å². The summed E-state index contributed by atoms with van der Waals surface area (Å²) in [6.45, 7) is 0. The van der Waals surface area contributed by atoms with E-state index in [1.54, 1.807) is 12.4 Å². The number of nitrogens with zero attached hydrogens (tertiary/aromatic N) is 3. The molecule has 1 aliphatic rings. The largest absolute Gasteiger partial charge is 0.303 e. The van der Waals surface area contributed by atoms with Gasteiger partial charge in [0.25, 0.3) is 0 Å². The lowest BCUT2D eigenvalue weighted by molar-refractivity contribution is -0.116. The van der Waals surface area contributed by atoms with Gasteiger partial charge in [-0.2, -0.15) is 10.2 Å². The summed E-state index contributed by atoms with van der Waals surface area (Å²) in [7, 11) is 0. The van der Waals surface area contributed by atoms with E-state index in [2.05, 4.69) is 25.7 Å². The van der Waals surface area contributed by atoms with Crippen molar-refractivity contribution in [2.45, 2.75) is 0 Å². The van der Waals surface area contributed by atoms with Crippen molar-refractivity contribution >= 4 is 29.1 Å². The number of hydrogen-bond donors (Lipinski definition) is 2. The van der Waals surface area contributed by atoms with Crippen molar-refractivity contribution in [1.82, 2.24) is 15.5 Å². The van der Waals surface area contributed by atoms with Crippen LogP contribution < -0.4 is 5.32 Å². The van der Waals surface area contributed by atoms with Crippen molar-refractivity contribution in [1.29, 1.82) is 0 Å². The molecule has 1 saturated heterocycles. The van der Waals surface area contributed by atoms with E-state index in [9.17, 15) is 4.79 Å². The number of benzene rings is 1. The average Bonchev–Trinajstić information content (AvgIpc) is 3.11. The van der Waals surface area contributed by atoms with Crippen LogP contribution in [0.2, 0.25) is 0 Å². The lowest BCUT2D eigenvalue weighted by Gasteiger charge is -1.98. The van der Waals surface area contributed by atoms with Crippen LogP contribution in [0, 0.1) is 0 Å². The number of carbonyl (C=O) groups excluding carboxylic acids is 1. The molecule has 2 heterocycles. The maximum Gasteiger partial charge on any atom is 0.236 e. The van der Waals surface area contributed by atoms with Crippen molar-refractivity contribution in [2.24, 2.45) is 10.2 Å². The highest BCUT2D eigenvalue weighted by Gasteiger charge is 2.15. The monoisotopic (exact) mass is 285 g/mol. The molecular weight excluding hydrogens is 274 g/mol. The van der Waals surface area contributed by atoms with Gasteiger partial charge in [0, 0.05) is 11.8 Å². The summed E-state index contributed by atoms with van der Waals surface area (Å²) >= 11 is 1.35. The normalized spacial score (nSPS) is 17.0. The molecule has 0 unspecified atom stereocenters. The van der Waals surface area contributed by atoms with Crippen LogP contribution in [0.3, 0.4) is 0 Å². The van der Waals surface area contributed by atoms with E-state index in [0.29, 0.717) is 10.9 Å². The Morgan fingerprint density at radius 3 is 3.05 bits per heavy atom. The minimum Gasteiger partial charge on any atom is -0.303 e. The lowest BCUT2D eigenvalue weighted by atomic mass is 10.1. The van der Waals surface area contributed by atoms with E-state index >= 15 is 0 Å². The fourth-order valence-electron chi connectivity index (χ4n) is 1.73. The average molecular weight is 285 g/mol. The molecule has 3 rings (SSSR count). The Balaban J connectivity index is 1.75. The van der Waals surface area contributed by atoms with Crippen molar-refractivity contribution in [3.8, 4) is 11.1 Å². The summed E-state index contributed by atoms with van der Waals surface area (Å²) in [5.41, 5.74) is 3.01. The van der Waals surface area contributed by atoms with Crippen molar-refractivity contribution in [3.63, 3.8) is 0 Å². The number of aromatic amines is 1. The Hall–Kier alpha value is -2.41. The second-order valence-electron chi connectivity index (χ2n) is 4.10. The Kier molecular flexibility index (Phi) is 3.60. The Labute approximate surface area is 119 Å². The number of amidine groups is 1. The third kappa shape index (κ3) is 2.94. The van der Waals surface area contributed by atoms with Crippen molar-refractivity contribution in [2.75, 3.05) is 5.75 Å². The molecule has 0 spiro atoms. The van der Waals surface area contributed by atoms with Crippen LogP contribution >= 0.6 is 11.8 Å². The number of hydrogen-bond acceptors (Lipinski definition) is 5. The standard InChI is InChI=1S/C13H11N5OS/c19-12-8-20-13(17-12)18-16-5-9-2-1-3-10(4-9)11-6-14-15-7-11/h1-7H,8H2,(H,14,15)(H,17,18,19). The minimum atomic E-state index is -0.0362. The smallest absolute Gasteiger partial charge is 0.236 e. The summed E-state index contributed by atoms with van der Waals surface area (Å²) in [4.78, 5) is 11.0. The van der Waals surface area contributed by atoms with Gasteiger partial charge in [0.2, 0.25) is 5.91 Å². The van der Waals surface area contributed by atoms with Gasteiger partial charge in [0.05, 0.1) is 18.2 Å². The van der Waals surface area contributed by atoms with Gasteiger partial charge in [0.15, 0.2) is 5.17 Å². The minimum absolute atomic E-state index is 0.0362. The fourth-order valence-corrected chi connectivity index (χ4v) is 2.37. The number of aromatic nitrogens is 2. The molecule has 2 aromatic rings. The predicted octanol–water partition coefficient (Wildman–Crippen LogP) is 1.63. The molecule has 100 valence electrons. The van der Waals surface area contributed by atoms with E-state index in [0.717, 1.165) is 16.7 Å². The zero-order valence-corrected chi connectivity index (χ0v) is 11.2. The molecule has 0 atom stereocenters. The summed E-state index contributed by atoms with van der Waals surface area (Å²) in [6, 6.07) is 7.88. The second-order valence-corrected chi connectivity index (χ2v) is 5.06. The Morgan fingerprint density at radius 1 is 1.35 bits per heavy atom. The zero-order valence-electron chi connectivity index (χ0n) is 10.4. The molecule has 7 heteroatoms. The number of amides is 1. The zero-order chi connectivity index (χ0) is 13.8. The highest BCUT2D eigenvalue weighted by atomic mass is 32.2. The highest BCUT2D eigenvalue weighted by molar-refractivity contribution is 8.15. The van der Waals surface area contributed by atoms with Crippen LogP contribution in [0.15, 0.2) is 46.9 Å². The van der Waals surface area contributed by atoms with E-state index in [-0.39, 0.29) is 5.91 Å². The van der Waals surface area contributed by atoms with Gasteiger partial charge in [-0.3, -0.25) is 9.89 Å². The molecule has 1 aromatic heterocycles. The Morgan fingerprint density at radius 2 is 2.30 bits per heavy atom. The molecule has 2 N–H and O–H groups in total. The van der Waals surface area contributed by atoms with Gasteiger partial charge in [-0.25, -0.2) is 0 Å². The lowest BCUT2D eigenvalue weighted by Crippen LogP contribution is -2.19. The summed E-state index contributed by atoms with van der Waals surface area (Å²) in [5, 5.41) is 17.8. The molecule has 0 bridgehead atoms. The molecule has 1 fully saturated rings. The van der Waals surface area contributed by atoms with Crippen molar-refractivity contribution < 1.29 is 4.79 Å². The van der Waals surface area contributed by atoms with Gasteiger partial charge in [0.1, 0.15) is 0 Å². The van der Waals surface area contributed by atoms with Crippen LogP contribution in [0.1, 0.15) is 5.56 Å². The first kappa shape index (κ1) is 12.6. The van der Waals surface area contributed by atoms with Gasteiger partial charge < -0.3 is 5.32 Å². The highest BCUT2D eigenvalue weighted by Crippen LogP contribution is 2.18. The summed E-state index contributed by atoms with van der Waals surface area (Å²) in [6.07, 6.45) is 5.25. The van der Waals surface area contributed by atoms with Crippen molar-refractivity contribution in [3.05, 3.63) is 42.2 Å². The number of rotatable bonds is 3. The quantitative estimate of drug-likeness (QED) is 0.664. The van der Waals surface area contributed by atoms with Crippen LogP contribution in [-0.2, 0) is 4.79 Å². The molecule has 20 heavy (non-hydrogen) atoms. The molecular formula is C13H11N5OS. The van der Waals surface area contributed by atoms with E-state index < -0.39 is 0 Å². The maximum absolute atomic E-state index is 11.0. The number of thioether (sulfide) groups is 1. The third-order valence-corrected chi connectivity index (χ3v) is 3.52. The molecule has 0 saturated carbocycles. The SMILES string of the molecule is O=C1CSC(=NN=Cc2cccc(-c3cn[nH]c3)c2)N1. The first-order valence-corrected chi connectivity index (χ1v) is 6.93. The van der Waals surface area contributed by atoms with Gasteiger partial charge in [-0.15, -0.1) is 5.10 Å². The van der Waals surface area contributed by atoms with Gasteiger partial charge >= 0.3 is 0 Å². The maximum atomic E-state index is 11.0. The van der Waals surface area contributed by atoms with Crippen LogP contribution in [-0.4, -0.2) is 33.2 Å². The third-order valence-electron chi connectivity index (χ3n) is 2.66. The van der Waals surface area contributed by atoms with Crippen LogP contribution in [0.25, 0.3) is 11.1 Å². The number of carbonyl (C=O) groups is 1. The number of nitrogens with one attached hydrogen (secondary N) is 2. The molecule has 1 aromatic carbocycles. The second kappa shape index (κ2) is 5.70. The van der Waals surface area contributed by atoms with E-state index in [4.69, 9.17) is 0 Å². The predicted molar refractivity (Wildman–Crippen MR) is 79.7 cm³/mol. The molecule has 1 aliphatic heterocycles. The fraction of sp³-hybridized carbons (Fsp3) is 0.0769. The van der Waals surface area contributed by atoms with Gasteiger partial charge in [-0.05, 0) is 17.2 Å². The number of H-pyrrole nitrogens is 1. The van der Waals surface area contributed by atoms with Crippen LogP contribution in [0.5, 0.6) is 0 Å². The van der Waals surface area contributed by atoms with E-state index in [1.165, 1.54) is 11.8 Å².